The van der Waals surface area contributed by atoms with Gasteiger partial charge in [-0.1, -0.05) is 23.2 Å². The summed E-state index contributed by atoms with van der Waals surface area (Å²) in [6.07, 6.45) is 0. The Hall–Kier alpha value is -1.89. The van der Waals surface area contributed by atoms with E-state index >= 15 is 0 Å². The molecule has 0 unspecified atom stereocenters. The lowest BCUT2D eigenvalue weighted by atomic mass is 10.2. The van der Waals surface area contributed by atoms with Gasteiger partial charge in [0.15, 0.2) is 0 Å². The molecule has 1 aliphatic heterocycles. The molecule has 1 aliphatic rings. The van der Waals surface area contributed by atoms with Crippen LogP contribution in [0.15, 0.2) is 24.3 Å². The smallest absolute Gasteiger partial charge is 0.272 e. The Morgan fingerprint density at radius 2 is 1.84 bits per heavy atom. The average Bonchev–Trinajstić information content (AvgIpc) is 2.57. The number of likely N-dealkylation sites (N-methyl/N-ethyl adjacent to an activating group) is 1. The van der Waals surface area contributed by atoms with Crippen LogP contribution in [0.1, 0.15) is 16.2 Å². The van der Waals surface area contributed by atoms with Crippen molar-refractivity contribution in [3.8, 4) is 0 Å². The molecule has 2 heterocycles. The van der Waals surface area contributed by atoms with Crippen LogP contribution in [0, 0.1) is 6.92 Å². The topological polar surface area (TPSA) is 61.4 Å². The summed E-state index contributed by atoms with van der Waals surface area (Å²) in [4.78, 5) is 25.4. The van der Waals surface area contributed by atoms with E-state index in [-0.39, 0.29) is 5.91 Å². The zero-order chi connectivity index (χ0) is 18.0. The molecule has 1 fully saturated rings. The number of halogens is 2. The van der Waals surface area contributed by atoms with Crippen LogP contribution in [0.25, 0.3) is 0 Å². The van der Waals surface area contributed by atoms with Crippen molar-refractivity contribution in [3.63, 3.8) is 0 Å². The maximum atomic E-state index is 12.7. The van der Waals surface area contributed by atoms with Crippen molar-refractivity contribution >= 4 is 40.7 Å². The van der Waals surface area contributed by atoms with Crippen LogP contribution in [-0.2, 0) is 0 Å². The molecule has 2 aromatic rings. The predicted molar refractivity (Wildman–Crippen MR) is 99.9 cm³/mol. The molecule has 0 radical (unpaired) electrons. The number of piperazine rings is 1. The molecular formula is C17H19Cl2N5O. The van der Waals surface area contributed by atoms with Gasteiger partial charge in [0.25, 0.3) is 5.91 Å². The van der Waals surface area contributed by atoms with E-state index in [0.29, 0.717) is 46.2 Å². The van der Waals surface area contributed by atoms with Gasteiger partial charge < -0.3 is 15.1 Å². The summed E-state index contributed by atoms with van der Waals surface area (Å²) in [5.74, 6) is 0.255. The fraction of sp³-hybridized carbons (Fsp3) is 0.353. The summed E-state index contributed by atoms with van der Waals surface area (Å²) in [6.45, 7) is 4.95. The number of carbonyl (C=O) groups is 1. The molecule has 1 saturated heterocycles. The Bertz CT molecular complexity index is 791. The van der Waals surface area contributed by atoms with Crippen molar-refractivity contribution < 1.29 is 4.79 Å². The highest BCUT2D eigenvalue weighted by atomic mass is 35.5. The standard InChI is InChI=1S/C17H19Cl2N5O/c1-11-9-15(16(25)24-7-5-23(2)6-8-24)22-17(20-11)21-14-4-3-12(18)10-13(14)19/h3-4,9-10H,5-8H2,1-2H3,(H,20,21,22). The maximum Gasteiger partial charge on any atom is 0.272 e. The number of rotatable bonds is 3. The Labute approximate surface area is 156 Å². The second kappa shape index (κ2) is 7.56. The minimum atomic E-state index is -0.0798. The van der Waals surface area contributed by atoms with Crippen LogP contribution >= 0.6 is 23.2 Å². The Kier molecular flexibility index (Phi) is 5.42. The van der Waals surface area contributed by atoms with Gasteiger partial charge in [0, 0.05) is 36.9 Å². The molecule has 0 atom stereocenters. The fourth-order valence-electron chi connectivity index (χ4n) is 2.62. The van der Waals surface area contributed by atoms with Gasteiger partial charge in [0.1, 0.15) is 5.69 Å². The number of anilines is 2. The monoisotopic (exact) mass is 379 g/mol. The van der Waals surface area contributed by atoms with Gasteiger partial charge in [-0.15, -0.1) is 0 Å². The minimum Gasteiger partial charge on any atom is -0.335 e. The van der Waals surface area contributed by atoms with Crippen molar-refractivity contribution in [1.29, 1.82) is 0 Å². The van der Waals surface area contributed by atoms with Gasteiger partial charge in [-0.3, -0.25) is 4.79 Å². The van der Waals surface area contributed by atoms with Crippen LogP contribution in [0.5, 0.6) is 0 Å². The lowest BCUT2D eigenvalue weighted by Gasteiger charge is -2.32. The van der Waals surface area contributed by atoms with Crippen molar-refractivity contribution in [2.75, 3.05) is 38.5 Å². The van der Waals surface area contributed by atoms with Crippen molar-refractivity contribution in [1.82, 2.24) is 19.8 Å². The molecule has 8 heteroatoms. The third-order valence-corrected chi connectivity index (χ3v) is 4.59. The number of amides is 1. The van der Waals surface area contributed by atoms with E-state index in [1.165, 1.54) is 0 Å². The van der Waals surface area contributed by atoms with Crippen LogP contribution in [-0.4, -0.2) is 58.9 Å². The van der Waals surface area contributed by atoms with E-state index in [2.05, 4.69) is 27.2 Å². The number of nitrogens with one attached hydrogen (secondary N) is 1. The quantitative estimate of drug-likeness (QED) is 0.886. The SMILES string of the molecule is Cc1cc(C(=O)N2CCN(C)CC2)nc(Nc2ccc(Cl)cc2Cl)n1. The van der Waals surface area contributed by atoms with Gasteiger partial charge >= 0.3 is 0 Å². The molecule has 1 amide bonds. The van der Waals surface area contributed by atoms with Gasteiger partial charge in [-0.05, 0) is 38.2 Å². The van der Waals surface area contributed by atoms with Crippen molar-refractivity contribution in [2.45, 2.75) is 6.92 Å². The Morgan fingerprint density at radius 1 is 1.12 bits per heavy atom. The molecule has 1 aromatic carbocycles. The number of hydrogen-bond donors (Lipinski definition) is 1. The van der Waals surface area contributed by atoms with Gasteiger partial charge in [-0.2, -0.15) is 0 Å². The lowest BCUT2D eigenvalue weighted by molar-refractivity contribution is 0.0658. The van der Waals surface area contributed by atoms with E-state index in [0.717, 1.165) is 13.1 Å². The molecule has 6 nitrogen and oxygen atoms in total. The first kappa shape index (κ1) is 17.9. The van der Waals surface area contributed by atoms with Crippen LogP contribution in [0.2, 0.25) is 10.0 Å². The zero-order valence-electron chi connectivity index (χ0n) is 14.1. The van der Waals surface area contributed by atoms with Gasteiger partial charge in [0.05, 0.1) is 10.7 Å². The first-order chi connectivity index (χ1) is 11.9. The molecule has 0 saturated carbocycles. The molecule has 0 spiro atoms. The average molecular weight is 380 g/mol. The molecule has 25 heavy (non-hydrogen) atoms. The first-order valence-electron chi connectivity index (χ1n) is 7.98. The summed E-state index contributed by atoms with van der Waals surface area (Å²) in [5.41, 5.74) is 1.72. The Morgan fingerprint density at radius 3 is 2.52 bits per heavy atom. The summed E-state index contributed by atoms with van der Waals surface area (Å²) >= 11 is 12.1. The van der Waals surface area contributed by atoms with E-state index < -0.39 is 0 Å². The normalized spacial score (nSPS) is 15.3. The number of aryl methyl sites for hydroxylation is 1. The number of carbonyl (C=O) groups excluding carboxylic acids is 1. The first-order valence-corrected chi connectivity index (χ1v) is 8.73. The van der Waals surface area contributed by atoms with Crippen LogP contribution < -0.4 is 5.32 Å². The summed E-state index contributed by atoms with van der Waals surface area (Å²) in [5, 5.41) is 4.06. The molecule has 1 N–H and O–H groups in total. The fourth-order valence-corrected chi connectivity index (χ4v) is 3.07. The molecule has 132 valence electrons. The Balaban J connectivity index is 1.81. The predicted octanol–water partition coefficient (Wildman–Crippen LogP) is 3.22. The third kappa shape index (κ3) is 4.39. The highest BCUT2D eigenvalue weighted by Crippen LogP contribution is 2.27. The van der Waals surface area contributed by atoms with Crippen molar-refractivity contribution in [2.24, 2.45) is 0 Å². The van der Waals surface area contributed by atoms with Gasteiger partial charge in [-0.25, -0.2) is 9.97 Å². The lowest BCUT2D eigenvalue weighted by Crippen LogP contribution is -2.47. The van der Waals surface area contributed by atoms with Gasteiger partial charge in [0.2, 0.25) is 5.95 Å². The molecule has 0 aliphatic carbocycles. The zero-order valence-corrected chi connectivity index (χ0v) is 15.6. The molecular weight excluding hydrogens is 361 g/mol. The van der Waals surface area contributed by atoms with E-state index in [4.69, 9.17) is 23.2 Å². The largest absolute Gasteiger partial charge is 0.335 e. The van der Waals surface area contributed by atoms with Crippen LogP contribution in [0.4, 0.5) is 11.6 Å². The highest BCUT2D eigenvalue weighted by molar-refractivity contribution is 6.36. The summed E-state index contributed by atoms with van der Waals surface area (Å²) in [6, 6.07) is 6.81. The highest BCUT2D eigenvalue weighted by Gasteiger charge is 2.22. The third-order valence-electron chi connectivity index (χ3n) is 4.04. The second-order valence-corrected chi connectivity index (χ2v) is 6.91. The number of aromatic nitrogens is 2. The van der Waals surface area contributed by atoms with E-state index in [1.54, 1.807) is 24.3 Å². The summed E-state index contributed by atoms with van der Waals surface area (Å²) in [7, 11) is 2.05. The molecule has 0 bridgehead atoms. The van der Waals surface area contributed by atoms with Crippen molar-refractivity contribution in [3.05, 3.63) is 45.7 Å². The second-order valence-electron chi connectivity index (χ2n) is 6.06. The number of hydrogen-bond acceptors (Lipinski definition) is 5. The molecule has 1 aromatic heterocycles. The summed E-state index contributed by atoms with van der Waals surface area (Å²) < 4.78 is 0. The maximum absolute atomic E-state index is 12.7. The number of benzene rings is 1. The molecule has 3 rings (SSSR count). The van der Waals surface area contributed by atoms with Crippen LogP contribution in [0.3, 0.4) is 0 Å². The minimum absolute atomic E-state index is 0.0798. The van der Waals surface area contributed by atoms with E-state index in [9.17, 15) is 4.79 Å². The number of nitrogens with zero attached hydrogens (tertiary/aromatic N) is 4. The van der Waals surface area contributed by atoms with E-state index in [1.807, 2.05) is 11.8 Å².